The van der Waals surface area contributed by atoms with Crippen molar-refractivity contribution >= 4 is 17.7 Å². The van der Waals surface area contributed by atoms with Gasteiger partial charge in [-0.2, -0.15) is 0 Å². The SMILES string of the molecule is Cc1onc(-c2ccccc2)c1COc1ccc(C(=O)N2CCSC2)cn1. The van der Waals surface area contributed by atoms with Crippen LogP contribution in [0, 0.1) is 6.92 Å². The molecule has 6 nitrogen and oxygen atoms in total. The summed E-state index contributed by atoms with van der Waals surface area (Å²) in [4.78, 5) is 18.5. The van der Waals surface area contributed by atoms with Crippen molar-refractivity contribution in [2.75, 3.05) is 18.2 Å². The highest BCUT2D eigenvalue weighted by molar-refractivity contribution is 7.99. The summed E-state index contributed by atoms with van der Waals surface area (Å²) in [7, 11) is 0. The van der Waals surface area contributed by atoms with Gasteiger partial charge >= 0.3 is 0 Å². The Labute approximate surface area is 161 Å². The smallest absolute Gasteiger partial charge is 0.256 e. The van der Waals surface area contributed by atoms with Crippen LogP contribution in [-0.2, 0) is 6.61 Å². The normalized spacial score (nSPS) is 13.7. The number of hydrogen-bond donors (Lipinski definition) is 0. The summed E-state index contributed by atoms with van der Waals surface area (Å²) in [5.41, 5.74) is 3.21. The van der Waals surface area contributed by atoms with E-state index in [4.69, 9.17) is 9.26 Å². The summed E-state index contributed by atoms with van der Waals surface area (Å²) < 4.78 is 11.2. The lowest BCUT2D eigenvalue weighted by atomic mass is 10.1. The minimum absolute atomic E-state index is 0.0142. The molecule has 3 heterocycles. The van der Waals surface area contributed by atoms with E-state index < -0.39 is 0 Å². The van der Waals surface area contributed by atoms with Crippen LogP contribution < -0.4 is 4.74 Å². The van der Waals surface area contributed by atoms with E-state index in [1.165, 1.54) is 0 Å². The second-order valence-electron chi connectivity index (χ2n) is 6.21. The summed E-state index contributed by atoms with van der Waals surface area (Å²) in [5.74, 6) is 2.92. The highest BCUT2D eigenvalue weighted by Gasteiger charge is 2.20. The van der Waals surface area contributed by atoms with Gasteiger partial charge in [0.15, 0.2) is 0 Å². The zero-order valence-electron chi connectivity index (χ0n) is 14.9. The molecular formula is C20H19N3O3S. The van der Waals surface area contributed by atoms with Crippen LogP contribution in [-0.4, -0.2) is 39.1 Å². The van der Waals surface area contributed by atoms with Gasteiger partial charge in [-0.1, -0.05) is 35.5 Å². The van der Waals surface area contributed by atoms with Crippen molar-refractivity contribution in [1.82, 2.24) is 15.0 Å². The molecule has 0 bridgehead atoms. The van der Waals surface area contributed by atoms with Crippen molar-refractivity contribution in [3.8, 4) is 17.1 Å². The molecule has 138 valence electrons. The third kappa shape index (κ3) is 3.83. The number of aromatic nitrogens is 2. The van der Waals surface area contributed by atoms with Crippen LogP contribution in [0.3, 0.4) is 0 Å². The molecule has 1 amide bonds. The van der Waals surface area contributed by atoms with Gasteiger partial charge in [0.2, 0.25) is 5.88 Å². The maximum absolute atomic E-state index is 12.4. The van der Waals surface area contributed by atoms with Gasteiger partial charge in [-0.05, 0) is 13.0 Å². The number of aryl methyl sites for hydroxylation is 1. The number of ether oxygens (including phenoxy) is 1. The van der Waals surface area contributed by atoms with Crippen LogP contribution >= 0.6 is 11.8 Å². The standard InChI is InChI=1S/C20H19N3O3S/c1-14-17(19(22-26-14)15-5-3-2-4-6-15)12-25-18-8-7-16(11-21-18)20(24)23-9-10-27-13-23/h2-8,11H,9-10,12-13H2,1H3. The van der Waals surface area contributed by atoms with Gasteiger partial charge in [-0.3, -0.25) is 4.79 Å². The number of pyridine rings is 1. The molecule has 27 heavy (non-hydrogen) atoms. The van der Waals surface area contributed by atoms with E-state index in [1.54, 1.807) is 30.1 Å². The molecule has 0 N–H and O–H groups in total. The number of carbonyl (C=O) groups is 1. The molecule has 0 unspecified atom stereocenters. The zero-order chi connectivity index (χ0) is 18.6. The van der Waals surface area contributed by atoms with Crippen molar-refractivity contribution in [3.05, 3.63) is 65.5 Å². The average molecular weight is 381 g/mol. The molecule has 0 radical (unpaired) electrons. The first-order valence-electron chi connectivity index (χ1n) is 8.69. The fraction of sp³-hybridized carbons (Fsp3) is 0.250. The van der Waals surface area contributed by atoms with Gasteiger partial charge in [-0.25, -0.2) is 4.98 Å². The number of hydrogen-bond acceptors (Lipinski definition) is 6. The molecule has 4 rings (SSSR count). The summed E-state index contributed by atoms with van der Waals surface area (Å²) in [5, 5.41) is 4.15. The van der Waals surface area contributed by atoms with Gasteiger partial charge in [0.1, 0.15) is 18.1 Å². The zero-order valence-corrected chi connectivity index (χ0v) is 15.7. The highest BCUT2D eigenvalue weighted by atomic mass is 32.2. The van der Waals surface area contributed by atoms with Gasteiger partial charge in [-0.15, -0.1) is 11.8 Å². The molecule has 2 aromatic heterocycles. The first kappa shape index (κ1) is 17.6. The minimum atomic E-state index is 0.0142. The Morgan fingerprint density at radius 1 is 1.26 bits per heavy atom. The first-order valence-corrected chi connectivity index (χ1v) is 9.84. The lowest BCUT2D eigenvalue weighted by Crippen LogP contribution is -2.27. The number of thioether (sulfide) groups is 1. The monoisotopic (exact) mass is 381 g/mol. The Morgan fingerprint density at radius 2 is 2.11 bits per heavy atom. The summed E-state index contributed by atoms with van der Waals surface area (Å²) in [6, 6.07) is 13.3. The second kappa shape index (κ2) is 7.84. The molecule has 1 fully saturated rings. The summed E-state index contributed by atoms with van der Waals surface area (Å²) >= 11 is 1.76. The fourth-order valence-electron chi connectivity index (χ4n) is 2.88. The van der Waals surface area contributed by atoms with Gasteiger partial charge < -0.3 is 14.2 Å². The van der Waals surface area contributed by atoms with Crippen molar-refractivity contribution < 1.29 is 14.1 Å². The number of benzene rings is 1. The third-order valence-electron chi connectivity index (χ3n) is 4.42. The predicted octanol–water partition coefficient (Wildman–Crippen LogP) is 3.77. The molecule has 1 saturated heterocycles. The Bertz CT molecular complexity index is 919. The molecule has 0 spiro atoms. The predicted molar refractivity (Wildman–Crippen MR) is 104 cm³/mol. The van der Waals surface area contributed by atoms with Gasteiger partial charge in [0.05, 0.1) is 17.0 Å². The molecule has 0 saturated carbocycles. The highest BCUT2D eigenvalue weighted by Crippen LogP contribution is 2.26. The maximum Gasteiger partial charge on any atom is 0.256 e. The molecule has 1 aliphatic rings. The molecular weight excluding hydrogens is 362 g/mol. The lowest BCUT2D eigenvalue weighted by Gasteiger charge is -2.14. The van der Waals surface area contributed by atoms with E-state index in [9.17, 15) is 4.79 Å². The second-order valence-corrected chi connectivity index (χ2v) is 7.29. The Morgan fingerprint density at radius 3 is 2.81 bits per heavy atom. The van der Waals surface area contributed by atoms with Crippen LogP contribution in [0.4, 0.5) is 0 Å². The van der Waals surface area contributed by atoms with E-state index in [1.807, 2.05) is 42.2 Å². The number of nitrogens with zero attached hydrogens (tertiary/aromatic N) is 3. The van der Waals surface area contributed by atoms with E-state index in [2.05, 4.69) is 10.1 Å². The Hall–Kier alpha value is -2.80. The Balaban J connectivity index is 1.45. The van der Waals surface area contributed by atoms with E-state index in [-0.39, 0.29) is 5.91 Å². The maximum atomic E-state index is 12.4. The Kier molecular flexibility index (Phi) is 5.11. The summed E-state index contributed by atoms with van der Waals surface area (Å²) in [6.45, 7) is 2.95. The third-order valence-corrected chi connectivity index (χ3v) is 5.38. The molecule has 1 aliphatic heterocycles. The fourth-order valence-corrected chi connectivity index (χ4v) is 3.82. The van der Waals surface area contributed by atoms with E-state index in [0.717, 1.165) is 35.0 Å². The van der Waals surface area contributed by atoms with Crippen molar-refractivity contribution in [2.24, 2.45) is 0 Å². The van der Waals surface area contributed by atoms with Crippen molar-refractivity contribution in [2.45, 2.75) is 13.5 Å². The molecule has 7 heteroatoms. The van der Waals surface area contributed by atoms with Crippen molar-refractivity contribution in [3.63, 3.8) is 0 Å². The molecule has 0 aliphatic carbocycles. The minimum Gasteiger partial charge on any atom is -0.473 e. The molecule has 3 aromatic rings. The van der Waals surface area contributed by atoms with Gasteiger partial charge in [0, 0.05) is 30.1 Å². The average Bonchev–Trinajstić information content (AvgIpc) is 3.37. The molecule has 0 atom stereocenters. The van der Waals surface area contributed by atoms with Crippen molar-refractivity contribution in [1.29, 1.82) is 0 Å². The van der Waals surface area contributed by atoms with Crippen LogP contribution in [0.1, 0.15) is 21.7 Å². The molecule has 1 aromatic carbocycles. The van der Waals surface area contributed by atoms with Crippen LogP contribution in [0.2, 0.25) is 0 Å². The van der Waals surface area contributed by atoms with Crippen LogP contribution in [0.15, 0.2) is 53.2 Å². The van der Waals surface area contributed by atoms with Crippen LogP contribution in [0.5, 0.6) is 5.88 Å². The first-order chi connectivity index (χ1) is 13.2. The largest absolute Gasteiger partial charge is 0.473 e. The lowest BCUT2D eigenvalue weighted by molar-refractivity contribution is 0.0802. The van der Waals surface area contributed by atoms with Gasteiger partial charge in [0.25, 0.3) is 5.91 Å². The van der Waals surface area contributed by atoms with Crippen LogP contribution in [0.25, 0.3) is 11.3 Å². The van der Waals surface area contributed by atoms with E-state index >= 15 is 0 Å². The van der Waals surface area contributed by atoms with E-state index in [0.29, 0.717) is 23.8 Å². The quantitative estimate of drug-likeness (QED) is 0.670. The topological polar surface area (TPSA) is 68.5 Å². The summed E-state index contributed by atoms with van der Waals surface area (Å²) in [6.07, 6.45) is 1.57. The number of carbonyl (C=O) groups excluding carboxylic acids is 1. The number of amides is 1. The number of rotatable bonds is 5.